The molecule has 4 nitrogen and oxygen atoms in total. The first-order chi connectivity index (χ1) is 12.9. The van der Waals surface area contributed by atoms with Gasteiger partial charge in [-0.2, -0.15) is 0 Å². The van der Waals surface area contributed by atoms with Crippen molar-refractivity contribution in [1.82, 2.24) is 0 Å². The maximum atomic E-state index is 9.54. The Morgan fingerprint density at radius 2 is 1.81 bits per heavy atom. The van der Waals surface area contributed by atoms with E-state index in [2.05, 4.69) is 33.4 Å². The standard InChI is InChI=1S/C23H36O4/c1-8-19(24)14-10-12-17(4)11-9-13-18-15-20(25-5)23(27-7)21(16(2)3)22(18)26-6/h8,11,15-16,19,24H,1,9-10,12-14H2,2-7H3. The summed E-state index contributed by atoms with van der Waals surface area (Å²) in [6.07, 6.45) is 7.98. The molecule has 0 aliphatic heterocycles. The van der Waals surface area contributed by atoms with Gasteiger partial charge in [0.05, 0.1) is 27.4 Å². The molecule has 0 spiro atoms. The lowest BCUT2D eigenvalue weighted by molar-refractivity contribution is 0.210. The molecule has 0 saturated heterocycles. The van der Waals surface area contributed by atoms with E-state index in [-0.39, 0.29) is 5.92 Å². The Morgan fingerprint density at radius 3 is 2.33 bits per heavy atom. The van der Waals surface area contributed by atoms with Crippen molar-refractivity contribution in [2.75, 3.05) is 21.3 Å². The summed E-state index contributed by atoms with van der Waals surface area (Å²) in [6.45, 7) is 10.0. The zero-order chi connectivity index (χ0) is 20.4. The van der Waals surface area contributed by atoms with Crippen LogP contribution >= 0.6 is 0 Å². The van der Waals surface area contributed by atoms with Crippen molar-refractivity contribution < 1.29 is 19.3 Å². The van der Waals surface area contributed by atoms with Gasteiger partial charge in [-0.1, -0.05) is 31.6 Å². The summed E-state index contributed by atoms with van der Waals surface area (Å²) in [5.74, 6) is 2.65. The van der Waals surface area contributed by atoms with Gasteiger partial charge in [-0.15, -0.1) is 6.58 Å². The second-order valence-electron chi connectivity index (χ2n) is 7.16. The number of hydrogen-bond acceptors (Lipinski definition) is 4. The zero-order valence-electron chi connectivity index (χ0n) is 17.8. The largest absolute Gasteiger partial charge is 0.496 e. The molecule has 0 fully saturated rings. The molecule has 0 saturated carbocycles. The van der Waals surface area contributed by atoms with Gasteiger partial charge in [-0.25, -0.2) is 0 Å². The molecular formula is C23H36O4. The highest BCUT2D eigenvalue weighted by molar-refractivity contribution is 5.59. The Bertz CT molecular complexity index is 632. The van der Waals surface area contributed by atoms with Crippen molar-refractivity contribution in [2.24, 2.45) is 0 Å². The van der Waals surface area contributed by atoms with E-state index in [1.165, 1.54) is 5.57 Å². The van der Waals surface area contributed by atoms with Gasteiger partial charge in [0.1, 0.15) is 5.75 Å². The fourth-order valence-electron chi connectivity index (χ4n) is 3.30. The van der Waals surface area contributed by atoms with E-state index in [1.54, 1.807) is 27.4 Å². The van der Waals surface area contributed by atoms with Crippen LogP contribution in [-0.2, 0) is 6.42 Å². The van der Waals surface area contributed by atoms with Crippen molar-refractivity contribution in [3.63, 3.8) is 0 Å². The SMILES string of the molecule is C=CC(O)CCCC(C)=CCCc1cc(OC)c(OC)c(C(C)C)c1OC. The lowest BCUT2D eigenvalue weighted by atomic mass is 9.94. The summed E-state index contributed by atoms with van der Waals surface area (Å²) in [7, 11) is 5.04. The molecule has 0 aliphatic carbocycles. The quantitative estimate of drug-likeness (QED) is 0.494. The van der Waals surface area contributed by atoms with E-state index >= 15 is 0 Å². The molecule has 1 N–H and O–H groups in total. The third-order valence-corrected chi connectivity index (χ3v) is 4.77. The molecule has 1 rings (SSSR count). The van der Waals surface area contributed by atoms with Gasteiger partial charge in [0.2, 0.25) is 0 Å². The molecule has 1 unspecified atom stereocenters. The van der Waals surface area contributed by atoms with Crippen molar-refractivity contribution in [1.29, 1.82) is 0 Å². The number of allylic oxidation sites excluding steroid dienone is 2. The Kier molecular flexibility index (Phi) is 10.0. The van der Waals surface area contributed by atoms with E-state index in [0.29, 0.717) is 0 Å². The molecule has 1 atom stereocenters. The molecule has 1 aromatic carbocycles. The van der Waals surface area contributed by atoms with Crippen LogP contribution in [0.5, 0.6) is 17.2 Å². The number of ether oxygens (including phenoxy) is 3. The van der Waals surface area contributed by atoms with Crippen LogP contribution in [0.1, 0.15) is 63.5 Å². The van der Waals surface area contributed by atoms with Gasteiger partial charge in [0.25, 0.3) is 0 Å². The number of rotatable bonds is 12. The Labute approximate surface area is 164 Å². The molecule has 0 amide bonds. The van der Waals surface area contributed by atoms with Crippen molar-refractivity contribution in [2.45, 2.75) is 64.9 Å². The average Bonchev–Trinajstić information content (AvgIpc) is 2.66. The van der Waals surface area contributed by atoms with Gasteiger partial charge < -0.3 is 19.3 Å². The fraction of sp³-hybridized carbons (Fsp3) is 0.565. The number of hydrogen-bond donors (Lipinski definition) is 1. The van der Waals surface area contributed by atoms with Gasteiger partial charge in [-0.05, 0) is 56.6 Å². The molecule has 27 heavy (non-hydrogen) atoms. The van der Waals surface area contributed by atoms with Gasteiger partial charge in [-0.3, -0.25) is 0 Å². The molecule has 1 aromatic rings. The van der Waals surface area contributed by atoms with Crippen LogP contribution in [-0.4, -0.2) is 32.5 Å². The maximum absolute atomic E-state index is 9.54. The number of methoxy groups -OCH3 is 3. The van der Waals surface area contributed by atoms with Crippen molar-refractivity contribution in [3.8, 4) is 17.2 Å². The first kappa shape index (κ1) is 23.1. The average molecular weight is 377 g/mol. The summed E-state index contributed by atoms with van der Waals surface area (Å²) < 4.78 is 16.9. The van der Waals surface area contributed by atoms with E-state index < -0.39 is 6.10 Å². The van der Waals surface area contributed by atoms with Crippen LogP contribution in [0.4, 0.5) is 0 Å². The molecule has 0 heterocycles. The third kappa shape index (κ3) is 6.62. The molecular weight excluding hydrogens is 340 g/mol. The minimum Gasteiger partial charge on any atom is -0.496 e. The van der Waals surface area contributed by atoms with Crippen LogP contribution < -0.4 is 14.2 Å². The van der Waals surface area contributed by atoms with E-state index in [0.717, 1.165) is 60.5 Å². The summed E-state index contributed by atoms with van der Waals surface area (Å²) in [5, 5.41) is 9.54. The first-order valence-corrected chi connectivity index (χ1v) is 9.67. The summed E-state index contributed by atoms with van der Waals surface area (Å²) in [6, 6.07) is 2.02. The topological polar surface area (TPSA) is 47.9 Å². The molecule has 0 aromatic heterocycles. The summed E-state index contributed by atoms with van der Waals surface area (Å²) in [4.78, 5) is 0. The van der Waals surface area contributed by atoms with Crippen molar-refractivity contribution >= 4 is 0 Å². The molecule has 0 aliphatic rings. The number of aliphatic hydroxyl groups excluding tert-OH is 1. The minimum atomic E-state index is -0.400. The Balaban J connectivity index is 2.92. The van der Waals surface area contributed by atoms with Crippen LogP contribution in [0.3, 0.4) is 0 Å². The van der Waals surface area contributed by atoms with Crippen LogP contribution in [0.2, 0.25) is 0 Å². The minimum absolute atomic E-state index is 0.261. The lowest BCUT2D eigenvalue weighted by Gasteiger charge is -2.21. The Morgan fingerprint density at radius 1 is 1.15 bits per heavy atom. The van der Waals surface area contributed by atoms with Crippen molar-refractivity contribution in [3.05, 3.63) is 41.5 Å². The third-order valence-electron chi connectivity index (χ3n) is 4.77. The van der Waals surface area contributed by atoms with E-state index in [9.17, 15) is 5.11 Å². The van der Waals surface area contributed by atoms with Gasteiger partial charge >= 0.3 is 0 Å². The Hall–Kier alpha value is -1.94. The van der Waals surface area contributed by atoms with Gasteiger partial charge in [0.15, 0.2) is 11.5 Å². The molecule has 0 bridgehead atoms. The second-order valence-corrected chi connectivity index (χ2v) is 7.16. The van der Waals surface area contributed by atoms with E-state index in [1.807, 2.05) is 6.07 Å². The van der Waals surface area contributed by atoms with Gasteiger partial charge in [0, 0.05) is 5.56 Å². The number of aryl methyl sites for hydroxylation is 1. The highest BCUT2D eigenvalue weighted by Crippen LogP contribution is 2.44. The fourth-order valence-corrected chi connectivity index (χ4v) is 3.30. The summed E-state index contributed by atoms with van der Waals surface area (Å²) in [5.41, 5.74) is 3.52. The predicted molar refractivity (Wildman–Crippen MR) is 112 cm³/mol. The maximum Gasteiger partial charge on any atom is 0.167 e. The molecule has 4 heteroatoms. The number of aliphatic hydroxyl groups is 1. The monoisotopic (exact) mass is 376 g/mol. The van der Waals surface area contributed by atoms with Crippen LogP contribution in [0.25, 0.3) is 0 Å². The lowest BCUT2D eigenvalue weighted by Crippen LogP contribution is -2.05. The summed E-state index contributed by atoms with van der Waals surface area (Å²) >= 11 is 0. The first-order valence-electron chi connectivity index (χ1n) is 9.67. The highest BCUT2D eigenvalue weighted by atomic mass is 16.5. The predicted octanol–water partition coefficient (Wildman–Crippen LogP) is 5.43. The smallest absolute Gasteiger partial charge is 0.167 e. The van der Waals surface area contributed by atoms with Crippen LogP contribution in [0.15, 0.2) is 30.4 Å². The molecule has 152 valence electrons. The number of benzene rings is 1. The van der Waals surface area contributed by atoms with E-state index in [4.69, 9.17) is 14.2 Å². The normalized spacial score (nSPS) is 12.8. The van der Waals surface area contributed by atoms with Crippen LogP contribution in [0, 0.1) is 0 Å². The second kappa shape index (κ2) is 11.7. The molecule has 0 radical (unpaired) electrons. The highest BCUT2D eigenvalue weighted by Gasteiger charge is 2.22. The zero-order valence-corrected chi connectivity index (χ0v) is 17.8.